The van der Waals surface area contributed by atoms with Gasteiger partial charge in [-0.2, -0.15) is 0 Å². The summed E-state index contributed by atoms with van der Waals surface area (Å²) in [5.74, 6) is -0.741. The van der Waals surface area contributed by atoms with Crippen molar-refractivity contribution >= 4 is 22.8 Å². The number of rotatable bonds is 28. The predicted octanol–water partition coefficient (Wildman–Crippen LogP) is 13.8. The molecule has 0 amide bonds. The van der Waals surface area contributed by atoms with Gasteiger partial charge in [0.1, 0.15) is 0 Å². The molecule has 0 rings (SSSR count). The van der Waals surface area contributed by atoms with E-state index in [1.54, 1.807) is 0 Å². The van der Waals surface area contributed by atoms with Crippen molar-refractivity contribution in [1.82, 2.24) is 0 Å². The largest absolute Gasteiger partial charge is 0.481 e. The molecule has 0 aliphatic rings. The molecule has 0 aliphatic heterocycles. The number of carbonyl (C=O) groups excluding carboxylic acids is 1. The Balaban J connectivity index is 0. The molecule has 0 aromatic carbocycles. The molecular weight excluding hydrogens is 612 g/mol. The van der Waals surface area contributed by atoms with Gasteiger partial charge in [0.25, 0.3) is 0 Å². The fraction of sp³-hybridized carbons (Fsp3) is 0.409. The van der Waals surface area contributed by atoms with Crippen LogP contribution in [0.25, 0.3) is 0 Å². The first-order chi connectivity index (χ1) is 23.5. The van der Waals surface area contributed by atoms with Crippen molar-refractivity contribution in [3.63, 3.8) is 0 Å². The average molecular weight is 675 g/mol. The Morgan fingerprint density at radius 3 is 0.792 bits per heavy atom. The number of carbonyl (C=O) groups is 2. The summed E-state index contributed by atoms with van der Waals surface area (Å²) in [6.07, 6.45) is 65.6. The number of allylic oxidation sites excluding steroid dienone is 24. The highest BCUT2D eigenvalue weighted by atomic mass is 35.5. The van der Waals surface area contributed by atoms with E-state index in [1.165, 1.54) is 0 Å². The molecule has 0 radical (unpaired) electrons. The van der Waals surface area contributed by atoms with Crippen LogP contribution < -0.4 is 0 Å². The predicted molar refractivity (Wildman–Crippen MR) is 213 cm³/mol. The molecule has 0 aliphatic carbocycles. The van der Waals surface area contributed by atoms with E-state index in [0.29, 0.717) is 12.8 Å². The molecule has 0 aromatic heterocycles. The van der Waals surface area contributed by atoms with Crippen LogP contribution in [0, 0.1) is 0 Å². The lowest BCUT2D eigenvalue weighted by atomic mass is 10.2. The summed E-state index contributed by atoms with van der Waals surface area (Å²) in [6.45, 7) is 4.30. The maximum Gasteiger partial charge on any atom is 0.303 e. The van der Waals surface area contributed by atoms with Crippen LogP contribution in [-0.4, -0.2) is 16.3 Å². The monoisotopic (exact) mass is 674 g/mol. The molecule has 0 bridgehead atoms. The van der Waals surface area contributed by atoms with Crippen molar-refractivity contribution in [3.05, 3.63) is 146 Å². The molecule has 0 aromatic rings. The Labute approximate surface area is 299 Å². The first-order valence-corrected chi connectivity index (χ1v) is 18.1. The van der Waals surface area contributed by atoms with Gasteiger partial charge in [-0.05, 0) is 101 Å². The van der Waals surface area contributed by atoms with E-state index in [4.69, 9.17) is 16.7 Å². The third-order valence-corrected chi connectivity index (χ3v) is 6.41. The van der Waals surface area contributed by atoms with Gasteiger partial charge in [0, 0.05) is 12.8 Å². The molecule has 1 N–H and O–H groups in total. The van der Waals surface area contributed by atoms with Crippen molar-refractivity contribution in [2.45, 2.75) is 117 Å². The first-order valence-electron chi connectivity index (χ1n) is 17.7. The first kappa shape index (κ1) is 46.4. The molecule has 0 fully saturated rings. The van der Waals surface area contributed by atoms with E-state index in [2.05, 4.69) is 141 Å². The van der Waals surface area contributed by atoms with E-state index < -0.39 is 5.97 Å². The third kappa shape index (κ3) is 49.2. The van der Waals surface area contributed by atoms with Gasteiger partial charge in [-0.15, -0.1) is 0 Å². The van der Waals surface area contributed by atoms with Gasteiger partial charge in [-0.1, -0.05) is 160 Å². The topological polar surface area (TPSA) is 54.4 Å². The molecule has 4 heteroatoms. The SMILES string of the molecule is CC/C=C\C/C=C\C/C=C\C/C=C\C/C=C\C/C=C\CCC(=O)Cl.CC/C=C\C/C=C\C/C=C\C/C=C\C/C=C\C/C=C\CCC(=O)O. The van der Waals surface area contributed by atoms with Gasteiger partial charge in [0.05, 0.1) is 0 Å². The number of carboxylic acid groups (broad SMARTS) is 1. The van der Waals surface area contributed by atoms with Gasteiger partial charge in [0.2, 0.25) is 5.24 Å². The summed E-state index contributed by atoms with van der Waals surface area (Å²) in [6, 6.07) is 0. The number of halogens is 1. The second-order valence-electron chi connectivity index (χ2n) is 10.7. The second kappa shape index (κ2) is 43.3. The fourth-order valence-electron chi connectivity index (χ4n) is 3.68. The Kier molecular flexibility index (Phi) is 41.9. The highest BCUT2D eigenvalue weighted by Crippen LogP contribution is 2.00. The Morgan fingerprint density at radius 1 is 0.375 bits per heavy atom. The van der Waals surface area contributed by atoms with E-state index in [0.717, 1.165) is 83.5 Å². The van der Waals surface area contributed by atoms with Gasteiger partial charge in [-0.3, -0.25) is 9.59 Å². The zero-order chi connectivity index (χ0) is 35.4. The maximum absolute atomic E-state index is 10.5. The summed E-state index contributed by atoms with van der Waals surface area (Å²) in [7, 11) is 0. The van der Waals surface area contributed by atoms with Gasteiger partial charge >= 0.3 is 5.97 Å². The van der Waals surface area contributed by atoms with Crippen LogP contribution in [0.3, 0.4) is 0 Å². The van der Waals surface area contributed by atoms with Gasteiger partial charge in [0.15, 0.2) is 0 Å². The number of aliphatic carboxylic acids is 1. The normalized spacial score (nSPS) is 13.1. The average Bonchev–Trinajstić information content (AvgIpc) is 3.07. The smallest absolute Gasteiger partial charge is 0.303 e. The van der Waals surface area contributed by atoms with Crippen LogP contribution in [0.15, 0.2) is 146 Å². The second-order valence-corrected chi connectivity index (χ2v) is 11.1. The molecule has 0 heterocycles. The van der Waals surface area contributed by atoms with Crippen LogP contribution in [0.1, 0.15) is 117 Å². The minimum absolute atomic E-state index is 0.210. The minimum atomic E-state index is -0.741. The number of hydrogen-bond donors (Lipinski definition) is 1. The van der Waals surface area contributed by atoms with Crippen LogP contribution >= 0.6 is 11.6 Å². The molecule has 0 unspecified atom stereocenters. The lowest BCUT2D eigenvalue weighted by molar-refractivity contribution is -0.136. The quantitative estimate of drug-likeness (QED) is 0.0663. The Bertz CT molecular complexity index is 1020. The molecule has 48 heavy (non-hydrogen) atoms. The fourth-order valence-corrected chi connectivity index (χ4v) is 3.79. The standard InChI is InChI=1S/C22H31ClO.C22H32O2/c2*1-2-3-4-5-6-7-8-9-10-11-12-13-14-15-16-17-18-19-20-21-22(23)24/h3-4,6-7,9-10,12-13,15-16,18-19H,2,5,8,11,14,17,20-21H2,1H3;3-4,6-7,9-10,12-13,15-16,18-19H,2,5,8,11,14,17,20-21H2,1H3,(H,23,24)/b2*4-3-,7-6-,10-9-,13-12-,16-15-,19-18-. The number of carboxylic acids is 1. The highest BCUT2D eigenvalue weighted by molar-refractivity contribution is 6.63. The van der Waals surface area contributed by atoms with E-state index in [1.807, 2.05) is 18.2 Å². The zero-order valence-corrected chi connectivity index (χ0v) is 30.6. The summed E-state index contributed by atoms with van der Waals surface area (Å²) in [4.78, 5) is 20.8. The van der Waals surface area contributed by atoms with E-state index in [9.17, 15) is 9.59 Å². The van der Waals surface area contributed by atoms with Gasteiger partial charge < -0.3 is 5.11 Å². The van der Waals surface area contributed by atoms with Crippen LogP contribution in [0.4, 0.5) is 0 Å². The summed E-state index contributed by atoms with van der Waals surface area (Å²) >= 11 is 5.25. The molecule has 3 nitrogen and oxygen atoms in total. The molecule has 0 atom stereocenters. The Morgan fingerprint density at radius 2 is 0.583 bits per heavy atom. The summed E-state index contributed by atoms with van der Waals surface area (Å²) in [5.41, 5.74) is 0. The molecule has 264 valence electrons. The Hall–Kier alpha value is -3.69. The van der Waals surface area contributed by atoms with Crippen molar-refractivity contribution in [2.24, 2.45) is 0 Å². The van der Waals surface area contributed by atoms with E-state index >= 15 is 0 Å². The van der Waals surface area contributed by atoms with Crippen LogP contribution in [0.5, 0.6) is 0 Å². The van der Waals surface area contributed by atoms with Crippen LogP contribution in [-0.2, 0) is 9.59 Å². The van der Waals surface area contributed by atoms with Crippen molar-refractivity contribution in [3.8, 4) is 0 Å². The molecule has 0 spiro atoms. The summed E-state index contributed by atoms with van der Waals surface area (Å²) in [5, 5.41) is 8.22. The summed E-state index contributed by atoms with van der Waals surface area (Å²) < 4.78 is 0. The minimum Gasteiger partial charge on any atom is -0.481 e. The van der Waals surface area contributed by atoms with Crippen molar-refractivity contribution in [2.75, 3.05) is 0 Å². The molecule has 0 saturated carbocycles. The van der Waals surface area contributed by atoms with Crippen LogP contribution in [0.2, 0.25) is 0 Å². The lowest BCUT2D eigenvalue weighted by Gasteiger charge is -1.87. The number of hydrogen-bond acceptors (Lipinski definition) is 2. The maximum atomic E-state index is 10.5. The lowest BCUT2D eigenvalue weighted by Crippen LogP contribution is -1.91. The molecule has 0 saturated heterocycles. The zero-order valence-electron chi connectivity index (χ0n) is 29.8. The third-order valence-electron chi connectivity index (χ3n) is 6.23. The highest BCUT2D eigenvalue weighted by Gasteiger charge is 1.91. The van der Waals surface area contributed by atoms with E-state index in [-0.39, 0.29) is 11.7 Å². The van der Waals surface area contributed by atoms with Crippen molar-refractivity contribution < 1.29 is 14.7 Å². The molecular formula is C44H63ClO3. The van der Waals surface area contributed by atoms with Gasteiger partial charge in [-0.25, -0.2) is 0 Å². The van der Waals surface area contributed by atoms with Crippen molar-refractivity contribution in [1.29, 1.82) is 0 Å².